The maximum atomic E-state index is 5.48. The van der Waals surface area contributed by atoms with E-state index in [-0.39, 0.29) is 0 Å². The molecule has 2 aromatic rings. The molecule has 0 radical (unpaired) electrons. The molecule has 2 heterocycles. The van der Waals surface area contributed by atoms with Crippen LogP contribution in [0.2, 0.25) is 0 Å². The first-order valence-electron chi connectivity index (χ1n) is 7.54. The highest BCUT2D eigenvalue weighted by atomic mass is 16.5. The third-order valence-electron chi connectivity index (χ3n) is 4.87. The van der Waals surface area contributed by atoms with Gasteiger partial charge < -0.3 is 9.42 Å². The first kappa shape index (κ1) is 11.3. The van der Waals surface area contributed by atoms with Crippen LogP contribution >= 0.6 is 0 Å². The molecule has 1 saturated heterocycles. The summed E-state index contributed by atoms with van der Waals surface area (Å²) in [6.07, 6.45) is 8.24. The van der Waals surface area contributed by atoms with Crippen LogP contribution in [-0.4, -0.2) is 17.7 Å². The fraction of sp³-hybridized carbons (Fsp3) is 0.562. The SMILES string of the molecule is c1ccc2c(N3CCCC3C3CCCC3)noc2c1. The lowest BCUT2D eigenvalue weighted by Gasteiger charge is -2.29. The Morgan fingerprint density at radius 1 is 1.05 bits per heavy atom. The molecule has 1 aliphatic carbocycles. The van der Waals surface area contributed by atoms with Crippen molar-refractivity contribution in [1.82, 2.24) is 5.16 Å². The van der Waals surface area contributed by atoms with Crippen LogP contribution in [0, 0.1) is 5.92 Å². The van der Waals surface area contributed by atoms with Crippen molar-refractivity contribution in [2.75, 3.05) is 11.4 Å². The van der Waals surface area contributed by atoms with E-state index >= 15 is 0 Å². The normalized spacial score (nSPS) is 24.6. The topological polar surface area (TPSA) is 29.3 Å². The minimum Gasteiger partial charge on any atom is -0.354 e. The van der Waals surface area contributed by atoms with Gasteiger partial charge >= 0.3 is 0 Å². The van der Waals surface area contributed by atoms with Gasteiger partial charge in [-0.3, -0.25) is 0 Å². The Morgan fingerprint density at radius 2 is 1.89 bits per heavy atom. The predicted molar refractivity (Wildman–Crippen MR) is 76.3 cm³/mol. The summed E-state index contributed by atoms with van der Waals surface area (Å²) >= 11 is 0. The zero-order valence-corrected chi connectivity index (χ0v) is 11.2. The molecule has 1 unspecified atom stereocenters. The van der Waals surface area contributed by atoms with Crippen molar-refractivity contribution < 1.29 is 4.52 Å². The van der Waals surface area contributed by atoms with Crippen LogP contribution in [0.4, 0.5) is 5.82 Å². The van der Waals surface area contributed by atoms with E-state index in [2.05, 4.69) is 22.2 Å². The van der Waals surface area contributed by atoms with E-state index in [9.17, 15) is 0 Å². The lowest BCUT2D eigenvalue weighted by molar-refractivity contribution is 0.415. The van der Waals surface area contributed by atoms with E-state index in [0.29, 0.717) is 6.04 Å². The summed E-state index contributed by atoms with van der Waals surface area (Å²) in [5.41, 5.74) is 0.912. The number of rotatable bonds is 2. The predicted octanol–water partition coefficient (Wildman–Crippen LogP) is 3.99. The molecule has 1 saturated carbocycles. The molecule has 4 rings (SSSR count). The monoisotopic (exact) mass is 256 g/mol. The van der Waals surface area contributed by atoms with Gasteiger partial charge in [0.1, 0.15) is 0 Å². The molecule has 1 atom stereocenters. The number of nitrogens with zero attached hydrogens (tertiary/aromatic N) is 2. The summed E-state index contributed by atoms with van der Waals surface area (Å²) in [7, 11) is 0. The third kappa shape index (κ3) is 1.83. The number of para-hydroxylation sites is 1. The zero-order chi connectivity index (χ0) is 12.7. The molecule has 1 aliphatic heterocycles. The maximum Gasteiger partial charge on any atom is 0.180 e. The van der Waals surface area contributed by atoms with E-state index in [1.54, 1.807) is 0 Å². The Morgan fingerprint density at radius 3 is 2.79 bits per heavy atom. The quantitative estimate of drug-likeness (QED) is 0.813. The van der Waals surface area contributed by atoms with Gasteiger partial charge in [0.2, 0.25) is 0 Å². The molecule has 0 spiro atoms. The van der Waals surface area contributed by atoms with Gasteiger partial charge in [0, 0.05) is 12.6 Å². The highest BCUT2D eigenvalue weighted by molar-refractivity contribution is 5.88. The van der Waals surface area contributed by atoms with Crippen molar-refractivity contribution in [3.05, 3.63) is 24.3 Å². The molecular formula is C16H20N2O. The van der Waals surface area contributed by atoms with Gasteiger partial charge in [0.15, 0.2) is 11.4 Å². The average Bonchev–Trinajstić information content (AvgIpc) is 3.17. The van der Waals surface area contributed by atoms with E-state index in [4.69, 9.17) is 4.52 Å². The smallest absolute Gasteiger partial charge is 0.180 e. The lowest BCUT2D eigenvalue weighted by Crippen LogP contribution is -2.34. The van der Waals surface area contributed by atoms with Gasteiger partial charge in [-0.1, -0.05) is 30.1 Å². The molecular weight excluding hydrogens is 236 g/mol. The van der Waals surface area contributed by atoms with Crippen LogP contribution in [-0.2, 0) is 0 Å². The maximum absolute atomic E-state index is 5.48. The van der Waals surface area contributed by atoms with Crippen LogP contribution in [0.25, 0.3) is 11.0 Å². The summed E-state index contributed by atoms with van der Waals surface area (Å²) in [6.45, 7) is 1.14. The van der Waals surface area contributed by atoms with Gasteiger partial charge in [-0.2, -0.15) is 0 Å². The van der Waals surface area contributed by atoms with Crippen LogP contribution in [0.5, 0.6) is 0 Å². The third-order valence-corrected chi connectivity index (χ3v) is 4.87. The lowest BCUT2D eigenvalue weighted by atomic mass is 9.96. The number of hydrogen-bond donors (Lipinski definition) is 0. The number of anilines is 1. The fourth-order valence-electron chi connectivity index (χ4n) is 3.97. The number of hydrogen-bond acceptors (Lipinski definition) is 3. The molecule has 0 N–H and O–H groups in total. The van der Waals surface area contributed by atoms with Crippen molar-refractivity contribution >= 4 is 16.8 Å². The highest BCUT2D eigenvalue weighted by Gasteiger charge is 2.35. The van der Waals surface area contributed by atoms with E-state index in [0.717, 1.165) is 23.9 Å². The molecule has 0 amide bonds. The second kappa shape index (κ2) is 4.55. The van der Waals surface area contributed by atoms with Gasteiger partial charge in [0.25, 0.3) is 0 Å². The zero-order valence-electron chi connectivity index (χ0n) is 11.2. The van der Waals surface area contributed by atoms with Crippen LogP contribution in [0.3, 0.4) is 0 Å². The minimum atomic E-state index is 0.691. The summed E-state index contributed by atoms with van der Waals surface area (Å²) in [4.78, 5) is 2.52. The first-order chi connectivity index (χ1) is 9.43. The standard InChI is InChI=1S/C16H20N2O/c1-2-7-12(6-1)14-9-5-11-18(14)16-13-8-3-4-10-15(13)19-17-16/h3-4,8,10,12,14H,1-2,5-7,9,11H2. The number of aromatic nitrogens is 1. The van der Waals surface area contributed by atoms with E-state index in [1.807, 2.05) is 12.1 Å². The van der Waals surface area contributed by atoms with Gasteiger partial charge in [-0.25, -0.2) is 0 Å². The second-order valence-electron chi connectivity index (χ2n) is 5.95. The average molecular weight is 256 g/mol. The van der Waals surface area contributed by atoms with E-state index in [1.165, 1.54) is 43.9 Å². The van der Waals surface area contributed by atoms with Gasteiger partial charge in [-0.05, 0) is 43.7 Å². The summed E-state index contributed by atoms with van der Waals surface area (Å²) < 4.78 is 5.48. The molecule has 1 aromatic carbocycles. The van der Waals surface area contributed by atoms with Gasteiger partial charge in [0.05, 0.1) is 5.39 Å². The minimum absolute atomic E-state index is 0.691. The van der Waals surface area contributed by atoms with Crippen molar-refractivity contribution in [3.63, 3.8) is 0 Å². The largest absolute Gasteiger partial charge is 0.354 e. The molecule has 0 bridgehead atoms. The number of fused-ring (bicyclic) bond motifs is 1. The van der Waals surface area contributed by atoms with Crippen molar-refractivity contribution in [2.24, 2.45) is 5.92 Å². The van der Waals surface area contributed by atoms with Crippen molar-refractivity contribution in [3.8, 4) is 0 Å². The van der Waals surface area contributed by atoms with Crippen molar-refractivity contribution in [2.45, 2.75) is 44.6 Å². The Bertz CT molecular complexity index is 571. The Balaban J connectivity index is 1.70. The van der Waals surface area contributed by atoms with Gasteiger partial charge in [-0.15, -0.1) is 0 Å². The first-order valence-corrected chi connectivity index (χ1v) is 7.54. The summed E-state index contributed by atoms with van der Waals surface area (Å²) in [6, 6.07) is 8.91. The van der Waals surface area contributed by atoms with Crippen molar-refractivity contribution in [1.29, 1.82) is 0 Å². The summed E-state index contributed by atoms with van der Waals surface area (Å²) in [5.74, 6) is 1.95. The Kier molecular flexibility index (Phi) is 2.71. The van der Waals surface area contributed by atoms with E-state index < -0.39 is 0 Å². The van der Waals surface area contributed by atoms with Crippen LogP contribution < -0.4 is 4.90 Å². The molecule has 19 heavy (non-hydrogen) atoms. The molecule has 3 heteroatoms. The van der Waals surface area contributed by atoms with Crippen LogP contribution in [0.15, 0.2) is 28.8 Å². The summed E-state index contributed by atoms with van der Waals surface area (Å²) in [5, 5.41) is 5.52. The second-order valence-corrected chi connectivity index (χ2v) is 5.95. The fourth-order valence-corrected chi connectivity index (χ4v) is 3.97. The Labute approximate surface area is 113 Å². The molecule has 2 fully saturated rings. The molecule has 100 valence electrons. The highest BCUT2D eigenvalue weighted by Crippen LogP contribution is 2.39. The van der Waals surface area contributed by atoms with Crippen LogP contribution in [0.1, 0.15) is 38.5 Å². The Hall–Kier alpha value is -1.51. The molecule has 3 nitrogen and oxygen atoms in total. The molecule has 2 aliphatic rings. The molecule has 1 aromatic heterocycles. The number of benzene rings is 1.